The lowest BCUT2D eigenvalue weighted by Crippen LogP contribution is -2.31. The van der Waals surface area contributed by atoms with Crippen LogP contribution in [0.3, 0.4) is 0 Å². The van der Waals surface area contributed by atoms with E-state index < -0.39 is 5.92 Å². The molecule has 0 aromatic carbocycles. The predicted molar refractivity (Wildman–Crippen MR) is 65.5 cm³/mol. The molecule has 0 spiro atoms. The molecule has 0 bridgehead atoms. The molecule has 1 N–H and O–H groups in total. The van der Waals surface area contributed by atoms with E-state index in [0.29, 0.717) is 12.5 Å². The SMILES string of the molecule is CCNC(CCCOC)CC1CCC(F)(F)C1. The van der Waals surface area contributed by atoms with Crippen LogP contribution in [0.4, 0.5) is 8.78 Å². The number of ether oxygens (including phenoxy) is 1. The van der Waals surface area contributed by atoms with Crippen molar-refractivity contribution in [2.24, 2.45) is 5.92 Å². The molecule has 0 amide bonds. The molecule has 1 aliphatic rings. The van der Waals surface area contributed by atoms with Gasteiger partial charge in [0.1, 0.15) is 0 Å². The Morgan fingerprint density at radius 1 is 1.47 bits per heavy atom. The molecule has 17 heavy (non-hydrogen) atoms. The summed E-state index contributed by atoms with van der Waals surface area (Å²) >= 11 is 0. The summed E-state index contributed by atoms with van der Waals surface area (Å²) in [4.78, 5) is 0. The number of hydrogen-bond acceptors (Lipinski definition) is 2. The van der Waals surface area contributed by atoms with Crippen LogP contribution in [0.25, 0.3) is 0 Å². The van der Waals surface area contributed by atoms with Crippen LogP contribution in [0.5, 0.6) is 0 Å². The van der Waals surface area contributed by atoms with Crippen LogP contribution in [0.15, 0.2) is 0 Å². The molecular formula is C13H25F2NO. The van der Waals surface area contributed by atoms with Crippen LogP contribution < -0.4 is 5.32 Å². The van der Waals surface area contributed by atoms with Gasteiger partial charge in [-0.15, -0.1) is 0 Å². The molecule has 4 heteroatoms. The lowest BCUT2D eigenvalue weighted by atomic mass is 9.95. The van der Waals surface area contributed by atoms with E-state index in [4.69, 9.17) is 4.74 Å². The van der Waals surface area contributed by atoms with Crippen LogP contribution >= 0.6 is 0 Å². The molecule has 2 atom stereocenters. The van der Waals surface area contributed by atoms with Gasteiger partial charge in [-0.3, -0.25) is 0 Å². The third kappa shape index (κ3) is 5.77. The number of methoxy groups -OCH3 is 1. The second kappa shape index (κ2) is 7.27. The van der Waals surface area contributed by atoms with Crippen molar-refractivity contribution >= 4 is 0 Å². The van der Waals surface area contributed by atoms with Gasteiger partial charge in [-0.1, -0.05) is 6.92 Å². The van der Waals surface area contributed by atoms with Crippen molar-refractivity contribution in [3.63, 3.8) is 0 Å². The van der Waals surface area contributed by atoms with Crippen molar-refractivity contribution in [3.8, 4) is 0 Å². The van der Waals surface area contributed by atoms with Gasteiger partial charge in [0.25, 0.3) is 0 Å². The Bertz CT molecular complexity index is 212. The molecule has 0 aromatic heterocycles. The fraction of sp³-hybridized carbons (Fsp3) is 1.00. The first-order valence-electron chi connectivity index (χ1n) is 6.67. The lowest BCUT2D eigenvalue weighted by Gasteiger charge is -2.21. The highest BCUT2D eigenvalue weighted by Crippen LogP contribution is 2.41. The Morgan fingerprint density at radius 2 is 2.24 bits per heavy atom. The fourth-order valence-corrected chi connectivity index (χ4v) is 2.71. The molecule has 0 heterocycles. The average Bonchev–Trinajstić information content (AvgIpc) is 2.59. The molecule has 102 valence electrons. The van der Waals surface area contributed by atoms with Gasteiger partial charge in [-0.05, 0) is 38.1 Å². The molecule has 1 aliphatic carbocycles. The Balaban J connectivity index is 2.28. The second-order valence-corrected chi connectivity index (χ2v) is 5.09. The summed E-state index contributed by atoms with van der Waals surface area (Å²) in [5, 5.41) is 3.40. The van der Waals surface area contributed by atoms with Gasteiger partial charge in [0.05, 0.1) is 0 Å². The smallest absolute Gasteiger partial charge is 0.248 e. The van der Waals surface area contributed by atoms with Gasteiger partial charge in [-0.25, -0.2) is 8.78 Å². The molecule has 1 rings (SSSR count). The van der Waals surface area contributed by atoms with Crippen LogP contribution in [0.1, 0.15) is 45.4 Å². The van der Waals surface area contributed by atoms with Crippen LogP contribution in [0.2, 0.25) is 0 Å². The summed E-state index contributed by atoms with van der Waals surface area (Å²) in [6.07, 6.45) is 3.74. The third-order valence-electron chi connectivity index (χ3n) is 3.52. The maximum atomic E-state index is 13.1. The molecular weight excluding hydrogens is 224 g/mol. The van der Waals surface area contributed by atoms with E-state index in [9.17, 15) is 8.78 Å². The molecule has 2 unspecified atom stereocenters. The lowest BCUT2D eigenvalue weighted by molar-refractivity contribution is 0.00426. The van der Waals surface area contributed by atoms with Crippen molar-refractivity contribution < 1.29 is 13.5 Å². The standard InChI is InChI=1S/C13H25F2NO/c1-3-16-12(5-4-8-17-2)9-11-6-7-13(14,15)10-11/h11-12,16H,3-10H2,1-2H3. The quantitative estimate of drug-likeness (QED) is 0.667. The topological polar surface area (TPSA) is 21.3 Å². The van der Waals surface area contributed by atoms with Crippen LogP contribution in [0, 0.1) is 5.92 Å². The third-order valence-corrected chi connectivity index (χ3v) is 3.52. The fourth-order valence-electron chi connectivity index (χ4n) is 2.71. The van der Waals surface area contributed by atoms with Gasteiger partial charge >= 0.3 is 0 Å². The largest absolute Gasteiger partial charge is 0.385 e. The summed E-state index contributed by atoms with van der Waals surface area (Å²) < 4.78 is 31.2. The van der Waals surface area contributed by atoms with E-state index in [1.165, 1.54) is 0 Å². The van der Waals surface area contributed by atoms with Crippen molar-refractivity contribution in [3.05, 3.63) is 0 Å². The number of alkyl halides is 2. The summed E-state index contributed by atoms with van der Waals surface area (Å²) in [6, 6.07) is 0.369. The first kappa shape index (κ1) is 14.8. The van der Waals surface area contributed by atoms with Crippen LogP contribution in [-0.4, -0.2) is 32.2 Å². The molecule has 2 nitrogen and oxygen atoms in total. The monoisotopic (exact) mass is 249 g/mol. The number of halogens is 2. The zero-order valence-electron chi connectivity index (χ0n) is 11.0. The molecule has 0 radical (unpaired) electrons. The van der Waals surface area contributed by atoms with Gasteiger partial charge in [-0.2, -0.15) is 0 Å². The maximum Gasteiger partial charge on any atom is 0.248 e. The van der Waals surface area contributed by atoms with E-state index in [2.05, 4.69) is 12.2 Å². The molecule has 1 saturated carbocycles. The first-order chi connectivity index (χ1) is 8.07. The van der Waals surface area contributed by atoms with Gasteiger partial charge in [0.15, 0.2) is 0 Å². The first-order valence-corrected chi connectivity index (χ1v) is 6.67. The Kier molecular flexibility index (Phi) is 6.34. The average molecular weight is 249 g/mol. The second-order valence-electron chi connectivity index (χ2n) is 5.09. The van der Waals surface area contributed by atoms with Crippen molar-refractivity contribution in [1.29, 1.82) is 0 Å². The Morgan fingerprint density at radius 3 is 2.76 bits per heavy atom. The summed E-state index contributed by atoms with van der Waals surface area (Å²) in [5.74, 6) is -2.22. The minimum Gasteiger partial charge on any atom is -0.385 e. The van der Waals surface area contributed by atoms with Gasteiger partial charge in [0.2, 0.25) is 5.92 Å². The van der Waals surface area contributed by atoms with E-state index in [-0.39, 0.29) is 18.8 Å². The summed E-state index contributed by atoms with van der Waals surface area (Å²) in [5.41, 5.74) is 0. The van der Waals surface area contributed by atoms with E-state index in [1.807, 2.05) is 0 Å². The molecule has 0 aliphatic heterocycles. The highest BCUT2D eigenvalue weighted by Gasteiger charge is 2.39. The highest BCUT2D eigenvalue weighted by atomic mass is 19.3. The van der Waals surface area contributed by atoms with Crippen molar-refractivity contribution in [2.45, 2.75) is 57.4 Å². The Hall–Kier alpha value is -0.220. The zero-order chi connectivity index (χ0) is 12.7. The minimum atomic E-state index is -2.41. The molecule has 0 saturated heterocycles. The predicted octanol–water partition coefficient (Wildman–Crippen LogP) is 3.22. The van der Waals surface area contributed by atoms with Crippen LogP contribution in [-0.2, 0) is 4.74 Å². The molecule has 1 fully saturated rings. The molecule has 0 aromatic rings. The number of rotatable bonds is 8. The Labute approximate surface area is 103 Å². The summed E-state index contributed by atoms with van der Waals surface area (Å²) in [7, 11) is 1.69. The van der Waals surface area contributed by atoms with Crippen molar-refractivity contribution in [2.75, 3.05) is 20.3 Å². The van der Waals surface area contributed by atoms with Gasteiger partial charge in [0, 0.05) is 32.6 Å². The normalized spacial score (nSPS) is 25.1. The highest BCUT2D eigenvalue weighted by molar-refractivity contribution is 4.84. The number of hydrogen-bond donors (Lipinski definition) is 1. The van der Waals surface area contributed by atoms with E-state index in [0.717, 1.165) is 32.4 Å². The minimum absolute atomic E-state index is 0.0780. The number of nitrogens with one attached hydrogen (secondary N) is 1. The zero-order valence-corrected chi connectivity index (χ0v) is 11.0. The summed E-state index contributed by atoms with van der Waals surface area (Å²) in [6.45, 7) is 3.72. The van der Waals surface area contributed by atoms with Gasteiger partial charge < -0.3 is 10.1 Å². The van der Waals surface area contributed by atoms with Crippen molar-refractivity contribution in [1.82, 2.24) is 5.32 Å². The van der Waals surface area contributed by atoms with E-state index in [1.54, 1.807) is 7.11 Å². The van der Waals surface area contributed by atoms with E-state index >= 15 is 0 Å². The maximum absolute atomic E-state index is 13.1.